The van der Waals surface area contributed by atoms with Gasteiger partial charge in [0.25, 0.3) is 0 Å². The van der Waals surface area contributed by atoms with Gasteiger partial charge < -0.3 is 24.3 Å². The van der Waals surface area contributed by atoms with Crippen LogP contribution in [-0.4, -0.2) is 61.1 Å². The summed E-state index contributed by atoms with van der Waals surface area (Å²) in [6.07, 6.45) is 6.32. The van der Waals surface area contributed by atoms with Crippen LogP contribution >= 0.6 is 0 Å². The Morgan fingerprint density at radius 2 is 2.21 bits per heavy atom. The van der Waals surface area contributed by atoms with E-state index in [9.17, 15) is 15.2 Å². The predicted octanol–water partition coefficient (Wildman–Crippen LogP) is -0.0336. The minimum atomic E-state index is -1.06. The molecule has 7 atom stereocenters. The first kappa shape index (κ1) is 17.7. The molecule has 7 unspecified atom stereocenters. The molecule has 7 rings (SSSR count). The number of fused-ring (bicyclic) bond motifs is 1. The number of rotatable bonds is 4. The molecule has 2 spiro atoms. The topological polar surface area (TPSA) is 95.7 Å². The average molecular weight is 400 g/mol. The Balaban J connectivity index is 1.70. The minimum absolute atomic E-state index is 0.0973. The Hall–Kier alpha value is -2.13. The van der Waals surface area contributed by atoms with E-state index in [1.807, 2.05) is 17.0 Å². The van der Waals surface area contributed by atoms with Crippen molar-refractivity contribution < 1.29 is 29.4 Å². The third-order valence-corrected chi connectivity index (χ3v) is 8.48. The van der Waals surface area contributed by atoms with Crippen LogP contribution in [0.1, 0.15) is 24.0 Å². The van der Waals surface area contributed by atoms with Crippen LogP contribution < -0.4 is 14.7 Å². The SMILES string of the molecule is COc1ccc2c3c1OC1C4(OC)C=CC5(CC4[NH+]([O-])O)C(C2)N(C=O)CCC315. The molecule has 0 radical (unpaired) electrons. The van der Waals surface area contributed by atoms with Gasteiger partial charge in [-0.15, -0.1) is 0 Å². The van der Waals surface area contributed by atoms with E-state index < -0.39 is 33.8 Å². The van der Waals surface area contributed by atoms with Gasteiger partial charge >= 0.3 is 0 Å². The van der Waals surface area contributed by atoms with E-state index in [1.165, 1.54) is 0 Å². The lowest BCUT2D eigenvalue weighted by molar-refractivity contribution is -1.07. The van der Waals surface area contributed by atoms with E-state index in [-0.39, 0.29) is 6.04 Å². The molecule has 6 aliphatic rings. The highest BCUT2D eigenvalue weighted by atomic mass is 16.8. The van der Waals surface area contributed by atoms with Crippen LogP contribution in [0.5, 0.6) is 11.5 Å². The molecule has 2 fully saturated rings. The summed E-state index contributed by atoms with van der Waals surface area (Å²) in [5.41, 5.74) is 0.318. The van der Waals surface area contributed by atoms with E-state index in [0.29, 0.717) is 37.3 Å². The number of hydrogen-bond donors (Lipinski definition) is 2. The molecule has 1 amide bonds. The van der Waals surface area contributed by atoms with Crippen molar-refractivity contribution >= 4 is 6.41 Å². The molecule has 1 aromatic carbocycles. The molecular formula is C21H24N2O6. The number of hydroxylamine groups is 2. The van der Waals surface area contributed by atoms with Crippen LogP contribution in [0.25, 0.3) is 0 Å². The highest BCUT2D eigenvalue weighted by molar-refractivity contribution is 5.66. The van der Waals surface area contributed by atoms with Gasteiger partial charge in [0.2, 0.25) is 6.41 Å². The quantitative estimate of drug-likeness (QED) is 0.419. The average Bonchev–Trinajstić information content (AvgIpc) is 3.10. The molecule has 29 heavy (non-hydrogen) atoms. The van der Waals surface area contributed by atoms with Crippen molar-refractivity contribution in [2.24, 2.45) is 5.41 Å². The maximum absolute atomic E-state index is 12.4. The third kappa shape index (κ3) is 1.64. The zero-order valence-corrected chi connectivity index (χ0v) is 16.4. The lowest BCUT2D eigenvalue weighted by atomic mass is 9.38. The number of nitrogens with zero attached hydrogens (tertiary/aromatic N) is 1. The lowest BCUT2D eigenvalue weighted by Gasteiger charge is -2.70. The van der Waals surface area contributed by atoms with Crippen molar-refractivity contribution in [1.82, 2.24) is 4.90 Å². The van der Waals surface area contributed by atoms with Gasteiger partial charge in [-0.2, -0.15) is 0 Å². The second-order valence-corrected chi connectivity index (χ2v) is 8.94. The van der Waals surface area contributed by atoms with Gasteiger partial charge in [-0.05, 0) is 30.5 Å². The molecule has 8 nitrogen and oxygen atoms in total. The molecule has 2 aliphatic heterocycles. The number of methoxy groups -OCH3 is 2. The summed E-state index contributed by atoms with van der Waals surface area (Å²) in [5, 5.41) is 21.6. The standard InChI is InChI=1S/C21H24N2O6/c1-27-13-4-3-12-9-14-19-5-6-21(28-2,15(10-19)23(25)26)18-20(19,7-8-22(14)11-24)16(12)17(13)29-18/h3-6,11,14-15,18,23,25H,7-10H2,1-2H3. The van der Waals surface area contributed by atoms with Gasteiger partial charge in [0.15, 0.2) is 23.1 Å². The number of amides is 1. The van der Waals surface area contributed by atoms with Gasteiger partial charge in [-0.25, -0.2) is 10.4 Å². The van der Waals surface area contributed by atoms with Crippen molar-refractivity contribution in [2.75, 3.05) is 20.8 Å². The number of nitrogens with one attached hydrogen (secondary N) is 1. The number of ether oxygens (including phenoxy) is 3. The van der Waals surface area contributed by atoms with Crippen molar-refractivity contribution in [3.05, 3.63) is 40.6 Å². The Kier molecular flexibility index (Phi) is 3.24. The summed E-state index contributed by atoms with van der Waals surface area (Å²) in [5.74, 6) is 1.38. The summed E-state index contributed by atoms with van der Waals surface area (Å²) >= 11 is 0. The summed E-state index contributed by atoms with van der Waals surface area (Å²) < 4.78 is 18.2. The summed E-state index contributed by atoms with van der Waals surface area (Å²) in [6, 6.07) is 3.14. The van der Waals surface area contributed by atoms with Crippen molar-refractivity contribution in [2.45, 2.75) is 48.5 Å². The van der Waals surface area contributed by atoms with Crippen LogP contribution in [0.15, 0.2) is 24.3 Å². The fourth-order valence-electron chi connectivity index (χ4n) is 7.43. The fraction of sp³-hybridized carbons (Fsp3) is 0.571. The molecular weight excluding hydrogens is 376 g/mol. The van der Waals surface area contributed by atoms with Gasteiger partial charge in [0.05, 0.1) is 12.5 Å². The van der Waals surface area contributed by atoms with Gasteiger partial charge in [0.1, 0.15) is 6.10 Å². The fourth-order valence-corrected chi connectivity index (χ4v) is 7.43. The van der Waals surface area contributed by atoms with Crippen LogP contribution in [0.4, 0.5) is 0 Å². The first-order chi connectivity index (χ1) is 14.0. The maximum Gasteiger partial charge on any atom is 0.209 e. The zero-order valence-electron chi connectivity index (χ0n) is 16.4. The van der Waals surface area contributed by atoms with Gasteiger partial charge in [-0.3, -0.25) is 4.79 Å². The molecule has 8 heteroatoms. The van der Waals surface area contributed by atoms with Crippen LogP contribution in [0.3, 0.4) is 0 Å². The smallest absolute Gasteiger partial charge is 0.209 e. The van der Waals surface area contributed by atoms with E-state index >= 15 is 0 Å². The molecule has 154 valence electrons. The maximum atomic E-state index is 12.4. The largest absolute Gasteiger partial charge is 0.600 e. The van der Waals surface area contributed by atoms with Crippen LogP contribution in [0, 0.1) is 10.6 Å². The molecule has 2 heterocycles. The summed E-state index contributed by atoms with van der Waals surface area (Å²) in [4.78, 5) is 13.8. The van der Waals surface area contributed by atoms with Crippen molar-refractivity contribution in [1.29, 1.82) is 0 Å². The number of quaternary nitrogens is 1. The van der Waals surface area contributed by atoms with Crippen LogP contribution in [-0.2, 0) is 21.4 Å². The summed E-state index contributed by atoms with van der Waals surface area (Å²) in [6.45, 7) is 0.622. The Morgan fingerprint density at radius 3 is 2.90 bits per heavy atom. The number of benzene rings is 1. The van der Waals surface area contributed by atoms with E-state index in [2.05, 4.69) is 12.1 Å². The molecule has 1 saturated heterocycles. The number of likely N-dealkylation sites (tertiary alicyclic amines) is 1. The number of piperidine rings is 1. The zero-order chi connectivity index (χ0) is 20.2. The van der Waals surface area contributed by atoms with E-state index in [1.54, 1.807) is 14.2 Å². The number of carbonyl (C=O) groups excluding carboxylic acids is 1. The third-order valence-electron chi connectivity index (χ3n) is 8.48. The molecule has 1 saturated carbocycles. The van der Waals surface area contributed by atoms with E-state index in [0.717, 1.165) is 17.5 Å². The second kappa shape index (κ2) is 5.31. The van der Waals surface area contributed by atoms with Crippen molar-refractivity contribution in [3.8, 4) is 11.5 Å². The lowest BCUT2D eigenvalue weighted by Crippen LogP contribution is -3.14. The predicted molar refractivity (Wildman–Crippen MR) is 99.8 cm³/mol. The van der Waals surface area contributed by atoms with E-state index in [4.69, 9.17) is 14.2 Å². The second-order valence-electron chi connectivity index (χ2n) is 8.94. The number of hydrogen-bond acceptors (Lipinski definition) is 6. The normalized spacial score (nSPS) is 43.6. The van der Waals surface area contributed by atoms with Crippen LogP contribution in [0.2, 0.25) is 0 Å². The number of carbonyl (C=O) groups is 1. The van der Waals surface area contributed by atoms with Gasteiger partial charge in [0, 0.05) is 37.1 Å². The summed E-state index contributed by atoms with van der Waals surface area (Å²) in [7, 11) is 3.19. The first-order valence-electron chi connectivity index (χ1n) is 10.1. The molecule has 1 aromatic rings. The van der Waals surface area contributed by atoms with Crippen molar-refractivity contribution in [3.63, 3.8) is 0 Å². The minimum Gasteiger partial charge on any atom is -0.600 e. The van der Waals surface area contributed by atoms with Gasteiger partial charge in [-0.1, -0.05) is 12.1 Å². The molecule has 4 aliphatic carbocycles. The monoisotopic (exact) mass is 400 g/mol. The highest BCUT2D eigenvalue weighted by Crippen LogP contribution is 2.73. The molecule has 4 bridgehead atoms. The Bertz CT molecular complexity index is 949. The molecule has 2 N–H and O–H groups in total. The Morgan fingerprint density at radius 1 is 1.38 bits per heavy atom. The first-order valence-corrected chi connectivity index (χ1v) is 10.1. The highest BCUT2D eigenvalue weighted by Gasteiger charge is 2.81. The Labute approximate surface area is 168 Å². The molecule has 0 aromatic heterocycles.